The quantitative estimate of drug-likeness (QED) is 0.486. The van der Waals surface area contributed by atoms with E-state index in [2.05, 4.69) is 9.17 Å². The summed E-state index contributed by atoms with van der Waals surface area (Å²) in [4.78, 5) is 3.67. The molecule has 0 aliphatic rings. The maximum Gasteiger partial charge on any atom is 0.534 e. The van der Waals surface area contributed by atoms with Crippen LogP contribution in [0.25, 0.3) is 10.9 Å². The van der Waals surface area contributed by atoms with Gasteiger partial charge < -0.3 is 4.18 Å². The lowest BCUT2D eigenvalue weighted by Gasteiger charge is -2.12. The molecular formula is C11H7F4NO3S. The van der Waals surface area contributed by atoms with Crippen molar-refractivity contribution in [1.82, 2.24) is 4.98 Å². The van der Waals surface area contributed by atoms with Gasteiger partial charge in [-0.2, -0.15) is 21.6 Å². The molecule has 0 radical (unpaired) electrons. The lowest BCUT2D eigenvalue weighted by Crippen LogP contribution is -2.28. The van der Waals surface area contributed by atoms with Crippen LogP contribution in [0.5, 0.6) is 5.75 Å². The van der Waals surface area contributed by atoms with Gasteiger partial charge in [0.2, 0.25) is 5.75 Å². The van der Waals surface area contributed by atoms with Crippen molar-refractivity contribution in [3.05, 3.63) is 35.8 Å². The summed E-state index contributed by atoms with van der Waals surface area (Å²) in [6.07, 6.45) is 1.19. The minimum Gasteiger partial charge on any atom is -0.371 e. The third kappa shape index (κ3) is 2.40. The molecule has 0 aliphatic carbocycles. The fraction of sp³-hybridized carbons (Fsp3) is 0.182. The van der Waals surface area contributed by atoms with E-state index < -0.39 is 27.2 Å². The highest BCUT2D eigenvalue weighted by molar-refractivity contribution is 7.88. The van der Waals surface area contributed by atoms with Crippen molar-refractivity contribution in [3.63, 3.8) is 0 Å². The summed E-state index contributed by atoms with van der Waals surface area (Å²) in [7, 11) is -5.96. The van der Waals surface area contributed by atoms with E-state index in [1.165, 1.54) is 25.3 Å². The SMILES string of the molecule is Cc1cc(F)c(OS(=O)(=O)C(F)(F)F)c2ncccc12. The zero-order valence-corrected chi connectivity index (χ0v) is 10.7. The first-order chi connectivity index (χ1) is 9.13. The number of pyridine rings is 1. The molecule has 0 spiro atoms. The van der Waals surface area contributed by atoms with Crippen molar-refractivity contribution in [2.75, 3.05) is 0 Å². The minimum atomic E-state index is -5.96. The van der Waals surface area contributed by atoms with Crippen LogP contribution in [0.15, 0.2) is 24.4 Å². The van der Waals surface area contributed by atoms with Crippen LogP contribution in [-0.4, -0.2) is 18.9 Å². The first-order valence-corrected chi connectivity index (χ1v) is 6.59. The van der Waals surface area contributed by atoms with E-state index >= 15 is 0 Å². The second kappa shape index (κ2) is 4.58. The average Bonchev–Trinajstić information content (AvgIpc) is 2.33. The highest BCUT2D eigenvalue weighted by Gasteiger charge is 2.49. The first-order valence-electron chi connectivity index (χ1n) is 5.18. The van der Waals surface area contributed by atoms with Gasteiger partial charge in [0.25, 0.3) is 0 Å². The summed E-state index contributed by atoms with van der Waals surface area (Å²) >= 11 is 0. The highest BCUT2D eigenvalue weighted by Crippen LogP contribution is 2.34. The van der Waals surface area contributed by atoms with Crippen LogP contribution < -0.4 is 4.18 Å². The molecule has 2 aromatic rings. The highest BCUT2D eigenvalue weighted by atomic mass is 32.2. The van der Waals surface area contributed by atoms with Gasteiger partial charge in [0.1, 0.15) is 5.52 Å². The molecule has 108 valence electrons. The summed E-state index contributed by atoms with van der Waals surface area (Å²) in [5, 5.41) is 0.293. The minimum absolute atomic E-state index is 0.293. The van der Waals surface area contributed by atoms with Crippen LogP contribution in [0.2, 0.25) is 0 Å². The molecule has 2 rings (SSSR count). The Kier molecular flexibility index (Phi) is 3.32. The number of rotatable bonds is 2. The van der Waals surface area contributed by atoms with Crippen molar-refractivity contribution in [1.29, 1.82) is 0 Å². The number of hydrogen-bond donors (Lipinski definition) is 0. The number of aryl methyl sites for hydroxylation is 1. The Morgan fingerprint density at radius 3 is 2.55 bits per heavy atom. The standard InChI is InChI=1S/C11H7F4NO3S/c1-6-5-8(12)10(9-7(6)3-2-4-16-9)19-20(17,18)11(13,14)15/h2-5H,1H3. The fourth-order valence-corrected chi connectivity index (χ4v) is 2.06. The number of halogens is 4. The smallest absolute Gasteiger partial charge is 0.371 e. The van der Waals surface area contributed by atoms with Crippen LogP contribution in [0.1, 0.15) is 5.56 Å². The van der Waals surface area contributed by atoms with E-state index in [4.69, 9.17) is 0 Å². The molecule has 1 aromatic heterocycles. The molecule has 0 fully saturated rings. The van der Waals surface area contributed by atoms with Gasteiger partial charge in [0.05, 0.1) is 0 Å². The van der Waals surface area contributed by atoms with Gasteiger partial charge in [-0.3, -0.25) is 4.98 Å². The van der Waals surface area contributed by atoms with E-state index in [1.54, 1.807) is 0 Å². The third-order valence-corrected chi connectivity index (χ3v) is 3.44. The zero-order chi connectivity index (χ0) is 15.1. The van der Waals surface area contributed by atoms with Gasteiger partial charge in [-0.25, -0.2) is 4.39 Å². The van der Waals surface area contributed by atoms with Crippen molar-refractivity contribution in [2.45, 2.75) is 12.4 Å². The van der Waals surface area contributed by atoms with Gasteiger partial charge in [0, 0.05) is 11.6 Å². The normalized spacial score (nSPS) is 12.7. The molecule has 0 amide bonds. The van der Waals surface area contributed by atoms with Crippen LogP contribution in [0, 0.1) is 12.7 Å². The van der Waals surface area contributed by atoms with Crippen LogP contribution in [0.4, 0.5) is 17.6 Å². The Bertz CT molecular complexity index is 771. The van der Waals surface area contributed by atoms with Crippen LogP contribution in [0.3, 0.4) is 0 Å². The van der Waals surface area contributed by atoms with Crippen LogP contribution >= 0.6 is 0 Å². The Balaban J connectivity index is 2.67. The molecule has 0 saturated heterocycles. The Labute approximate surface area is 111 Å². The van der Waals surface area contributed by atoms with Crippen molar-refractivity contribution < 1.29 is 30.2 Å². The van der Waals surface area contributed by atoms with Gasteiger partial charge in [0.15, 0.2) is 5.82 Å². The topological polar surface area (TPSA) is 56.3 Å². The summed E-state index contributed by atoms with van der Waals surface area (Å²) in [5.74, 6) is -2.30. The van der Waals surface area contributed by atoms with Gasteiger partial charge in [-0.05, 0) is 24.6 Å². The monoisotopic (exact) mass is 309 g/mol. The average molecular weight is 309 g/mol. The van der Waals surface area contributed by atoms with Crippen molar-refractivity contribution >= 4 is 21.0 Å². The molecular weight excluding hydrogens is 302 g/mol. The summed E-state index contributed by atoms with van der Waals surface area (Å²) in [6, 6.07) is 3.82. The van der Waals surface area contributed by atoms with Crippen LogP contribution in [-0.2, 0) is 10.1 Å². The number of aromatic nitrogens is 1. The molecule has 0 unspecified atom stereocenters. The number of hydrogen-bond acceptors (Lipinski definition) is 4. The lowest BCUT2D eigenvalue weighted by molar-refractivity contribution is -0.0500. The van der Waals surface area contributed by atoms with Crippen molar-refractivity contribution in [2.24, 2.45) is 0 Å². The predicted octanol–water partition coefficient (Wildman–Crippen LogP) is 2.91. The second-order valence-electron chi connectivity index (χ2n) is 3.89. The molecule has 4 nitrogen and oxygen atoms in total. The zero-order valence-electron chi connectivity index (χ0n) is 9.90. The Morgan fingerprint density at radius 2 is 1.95 bits per heavy atom. The van der Waals surface area contributed by atoms with E-state index in [0.29, 0.717) is 10.9 Å². The molecule has 0 N–H and O–H groups in total. The number of benzene rings is 1. The molecule has 9 heteroatoms. The number of fused-ring (bicyclic) bond motifs is 1. The van der Waals surface area contributed by atoms with E-state index in [1.807, 2.05) is 0 Å². The van der Waals surface area contributed by atoms with Gasteiger partial charge >= 0.3 is 15.6 Å². The Morgan fingerprint density at radius 1 is 1.30 bits per heavy atom. The van der Waals surface area contributed by atoms with Crippen molar-refractivity contribution in [3.8, 4) is 5.75 Å². The van der Waals surface area contributed by atoms with Gasteiger partial charge in [-0.1, -0.05) is 6.07 Å². The number of alkyl halides is 3. The largest absolute Gasteiger partial charge is 0.534 e. The molecule has 20 heavy (non-hydrogen) atoms. The third-order valence-electron chi connectivity index (χ3n) is 2.48. The summed E-state index contributed by atoms with van der Waals surface area (Å²) in [5.41, 5.74) is -5.55. The molecule has 0 aliphatic heterocycles. The van der Waals surface area contributed by atoms with E-state index in [9.17, 15) is 26.0 Å². The summed E-state index contributed by atoms with van der Waals surface area (Å²) in [6.45, 7) is 1.51. The molecule has 0 atom stereocenters. The van der Waals surface area contributed by atoms with E-state index in [-0.39, 0.29) is 5.52 Å². The second-order valence-corrected chi connectivity index (χ2v) is 5.43. The lowest BCUT2D eigenvalue weighted by atomic mass is 10.1. The molecule has 0 saturated carbocycles. The molecule has 1 aromatic carbocycles. The summed E-state index contributed by atoms with van der Waals surface area (Å²) < 4.78 is 76.3. The molecule has 0 bridgehead atoms. The number of nitrogens with zero attached hydrogens (tertiary/aromatic N) is 1. The maximum atomic E-state index is 13.7. The maximum absolute atomic E-state index is 13.7. The Hall–Kier alpha value is -1.90. The van der Waals surface area contributed by atoms with Gasteiger partial charge in [-0.15, -0.1) is 0 Å². The molecule has 1 heterocycles. The predicted molar refractivity (Wildman–Crippen MR) is 62.0 cm³/mol. The fourth-order valence-electron chi connectivity index (χ4n) is 1.59. The van der Waals surface area contributed by atoms with E-state index in [0.717, 1.165) is 6.07 Å². The first kappa shape index (κ1) is 14.5.